The van der Waals surface area contributed by atoms with Gasteiger partial charge in [0.15, 0.2) is 10.9 Å². The number of ether oxygens (including phenoxy) is 1. The number of nitrogens with one attached hydrogen (secondary N) is 1. The molecule has 1 aromatic heterocycles. The molecule has 0 bridgehead atoms. The lowest BCUT2D eigenvalue weighted by Gasteiger charge is -2.26. The van der Waals surface area contributed by atoms with Gasteiger partial charge in [0, 0.05) is 29.6 Å². The standard InChI is InChI=1S/C25H25N3O2S/c1-25(2)14-20-23(21(29)15-25)31-24(27-20)28-12-13-30-22(16-28)18-10-6-7-11-19(18)26-17-8-4-3-5-9-17/h3-5,7-9,11-13,16,26H,6,10,14-15H2,1-2H3. The molecule has 0 saturated heterocycles. The van der Waals surface area contributed by atoms with Gasteiger partial charge in [-0.05, 0) is 42.9 Å². The van der Waals surface area contributed by atoms with Crippen molar-refractivity contribution in [3.8, 4) is 0 Å². The summed E-state index contributed by atoms with van der Waals surface area (Å²) in [6.45, 7) is 4.26. The largest absolute Gasteiger partial charge is 0.462 e. The lowest BCUT2D eigenvalue weighted by atomic mass is 9.78. The Morgan fingerprint density at radius 1 is 1.19 bits per heavy atom. The third-order valence-corrected chi connectivity index (χ3v) is 6.79. The molecule has 0 amide bonds. The SMILES string of the molecule is CC1(C)CC(=O)c2sc(N3C=COC(C4=C(Nc5ccccc5)C=CCC4)=C3)nc2C1. The smallest absolute Gasteiger partial charge is 0.194 e. The van der Waals surface area contributed by atoms with Crippen LogP contribution in [0.3, 0.4) is 0 Å². The van der Waals surface area contributed by atoms with Crippen molar-refractivity contribution in [3.63, 3.8) is 0 Å². The first-order valence-electron chi connectivity index (χ1n) is 10.6. The zero-order valence-corrected chi connectivity index (χ0v) is 18.5. The van der Waals surface area contributed by atoms with Crippen LogP contribution in [-0.2, 0) is 11.2 Å². The van der Waals surface area contributed by atoms with E-state index in [2.05, 4.69) is 31.3 Å². The van der Waals surface area contributed by atoms with Gasteiger partial charge in [0.2, 0.25) is 0 Å². The predicted molar refractivity (Wildman–Crippen MR) is 125 cm³/mol. The fraction of sp³-hybridized carbons (Fsp3) is 0.280. The maximum atomic E-state index is 12.6. The van der Waals surface area contributed by atoms with Crippen molar-refractivity contribution < 1.29 is 9.53 Å². The molecule has 0 unspecified atom stereocenters. The molecule has 1 N–H and O–H groups in total. The summed E-state index contributed by atoms with van der Waals surface area (Å²) in [5.41, 5.74) is 4.09. The van der Waals surface area contributed by atoms with Gasteiger partial charge < -0.3 is 10.1 Å². The second-order valence-electron chi connectivity index (χ2n) is 8.84. The number of carbonyl (C=O) groups is 1. The lowest BCUT2D eigenvalue weighted by Crippen LogP contribution is -2.26. The molecule has 6 heteroatoms. The van der Waals surface area contributed by atoms with Gasteiger partial charge in [-0.15, -0.1) is 0 Å². The van der Waals surface area contributed by atoms with Crippen molar-refractivity contribution in [2.24, 2.45) is 5.41 Å². The number of aromatic nitrogens is 1. The average molecular weight is 432 g/mol. The van der Waals surface area contributed by atoms with Crippen LogP contribution in [-0.4, -0.2) is 10.8 Å². The number of Topliss-reactive ketones (excluding diaryl/α,β-unsaturated/α-hetero) is 1. The second-order valence-corrected chi connectivity index (χ2v) is 9.82. The molecule has 5 rings (SSSR count). The van der Waals surface area contributed by atoms with Gasteiger partial charge in [0.1, 0.15) is 12.0 Å². The molecule has 3 aliphatic rings. The fourth-order valence-corrected chi connectivity index (χ4v) is 5.15. The Kier molecular flexibility index (Phi) is 5.02. The summed E-state index contributed by atoms with van der Waals surface area (Å²) in [6, 6.07) is 10.1. The average Bonchev–Trinajstić information content (AvgIpc) is 3.18. The summed E-state index contributed by atoms with van der Waals surface area (Å²) in [5, 5.41) is 4.31. The van der Waals surface area contributed by atoms with Gasteiger partial charge in [-0.1, -0.05) is 49.5 Å². The number of hydrogen-bond acceptors (Lipinski definition) is 6. The van der Waals surface area contributed by atoms with Crippen molar-refractivity contribution in [1.82, 2.24) is 4.98 Å². The van der Waals surface area contributed by atoms with E-state index in [0.717, 1.165) is 57.7 Å². The third-order valence-electron chi connectivity index (χ3n) is 5.64. The molecule has 0 fully saturated rings. The topological polar surface area (TPSA) is 54.5 Å². The number of para-hydroxylation sites is 1. The zero-order chi connectivity index (χ0) is 21.4. The van der Waals surface area contributed by atoms with E-state index in [4.69, 9.17) is 9.72 Å². The highest BCUT2D eigenvalue weighted by Crippen LogP contribution is 2.40. The molecular weight excluding hydrogens is 406 g/mol. The van der Waals surface area contributed by atoms with E-state index >= 15 is 0 Å². The molecule has 0 saturated carbocycles. The van der Waals surface area contributed by atoms with E-state index in [1.807, 2.05) is 47.6 Å². The van der Waals surface area contributed by atoms with Crippen LogP contribution in [0.15, 0.2) is 78.2 Å². The van der Waals surface area contributed by atoms with Crippen LogP contribution < -0.4 is 10.2 Å². The summed E-state index contributed by atoms with van der Waals surface area (Å²) in [6.07, 6.45) is 13.1. The molecule has 2 aromatic rings. The molecule has 0 radical (unpaired) electrons. The summed E-state index contributed by atoms with van der Waals surface area (Å²) in [4.78, 5) is 20.2. The Morgan fingerprint density at radius 3 is 2.87 bits per heavy atom. The molecular formula is C25H25N3O2S. The van der Waals surface area contributed by atoms with Crippen molar-refractivity contribution in [3.05, 3.63) is 88.7 Å². The first kappa shape index (κ1) is 19.8. The molecule has 1 aliphatic heterocycles. The van der Waals surface area contributed by atoms with Crippen LogP contribution in [0.1, 0.15) is 48.5 Å². The number of allylic oxidation sites excluding steroid dienone is 3. The maximum Gasteiger partial charge on any atom is 0.194 e. The normalized spacial score (nSPS) is 19.7. The summed E-state index contributed by atoms with van der Waals surface area (Å²) < 4.78 is 5.91. The predicted octanol–water partition coefficient (Wildman–Crippen LogP) is 6.16. The quantitative estimate of drug-likeness (QED) is 0.628. The number of ketones is 1. The van der Waals surface area contributed by atoms with Crippen molar-refractivity contribution >= 4 is 27.9 Å². The highest BCUT2D eigenvalue weighted by atomic mass is 32.1. The highest BCUT2D eigenvalue weighted by molar-refractivity contribution is 7.17. The maximum absolute atomic E-state index is 12.6. The number of nitrogens with zero attached hydrogens (tertiary/aromatic N) is 2. The van der Waals surface area contributed by atoms with Crippen LogP contribution >= 0.6 is 11.3 Å². The first-order chi connectivity index (χ1) is 15.0. The number of benzene rings is 1. The number of rotatable bonds is 4. The monoisotopic (exact) mass is 431 g/mol. The molecule has 5 nitrogen and oxygen atoms in total. The summed E-state index contributed by atoms with van der Waals surface area (Å²) in [5.74, 6) is 0.996. The van der Waals surface area contributed by atoms with E-state index in [1.54, 1.807) is 6.26 Å². The fourth-order valence-electron chi connectivity index (χ4n) is 4.17. The van der Waals surface area contributed by atoms with Crippen LogP contribution in [0, 0.1) is 5.41 Å². The van der Waals surface area contributed by atoms with Crippen molar-refractivity contribution in [2.75, 3.05) is 10.2 Å². The zero-order valence-electron chi connectivity index (χ0n) is 17.7. The minimum atomic E-state index is -0.0332. The van der Waals surface area contributed by atoms with Crippen molar-refractivity contribution in [1.29, 1.82) is 0 Å². The second kappa shape index (κ2) is 7.85. The number of thiazole rings is 1. The number of carbonyl (C=O) groups excluding carboxylic acids is 1. The van der Waals surface area contributed by atoms with Crippen LogP contribution in [0.4, 0.5) is 10.8 Å². The molecule has 1 aromatic carbocycles. The minimum absolute atomic E-state index is 0.0332. The Hall–Kier alpha value is -3.12. The van der Waals surface area contributed by atoms with Gasteiger partial charge in [0.25, 0.3) is 0 Å². The van der Waals surface area contributed by atoms with Gasteiger partial charge in [-0.2, -0.15) is 0 Å². The Labute approximate surface area is 186 Å². The molecule has 31 heavy (non-hydrogen) atoms. The first-order valence-corrected chi connectivity index (χ1v) is 11.4. The molecule has 0 atom stereocenters. The molecule has 2 aliphatic carbocycles. The number of hydrogen-bond donors (Lipinski definition) is 1. The van der Waals surface area contributed by atoms with Crippen LogP contribution in [0.25, 0.3) is 0 Å². The van der Waals surface area contributed by atoms with Gasteiger partial charge in [0.05, 0.1) is 16.8 Å². The van der Waals surface area contributed by atoms with Gasteiger partial charge >= 0.3 is 0 Å². The third kappa shape index (κ3) is 4.08. The Bertz CT molecular complexity index is 1140. The summed E-state index contributed by atoms with van der Waals surface area (Å²) >= 11 is 1.47. The minimum Gasteiger partial charge on any atom is -0.462 e. The molecule has 0 spiro atoms. The van der Waals surface area contributed by atoms with E-state index < -0.39 is 0 Å². The van der Waals surface area contributed by atoms with Crippen LogP contribution in [0.5, 0.6) is 0 Å². The van der Waals surface area contributed by atoms with Crippen molar-refractivity contribution in [2.45, 2.75) is 39.5 Å². The lowest BCUT2D eigenvalue weighted by molar-refractivity contribution is 0.0916. The number of fused-ring (bicyclic) bond motifs is 1. The van der Waals surface area contributed by atoms with Gasteiger partial charge in [-0.25, -0.2) is 4.98 Å². The Balaban J connectivity index is 1.46. The van der Waals surface area contributed by atoms with E-state index in [1.165, 1.54) is 11.3 Å². The number of anilines is 2. The van der Waals surface area contributed by atoms with E-state index in [9.17, 15) is 4.79 Å². The van der Waals surface area contributed by atoms with E-state index in [-0.39, 0.29) is 11.2 Å². The van der Waals surface area contributed by atoms with Crippen LogP contribution in [0.2, 0.25) is 0 Å². The molecule has 2 heterocycles. The van der Waals surface area contributed by atoms with E-state index in [0.29, 0.717) is 6.42 Å². The molecule has 158 valence electrons. The summed E-state index contributed by atoms with van der Waals surface area (Å²) in [7, 11) is 0. The van der Waals surface area contributed by atoms with Gasteiger partial charge in [-0.3, -0.25) is 9.69 Å². The Morgan fingerprint density at radius 2 is 2.03 bits per heavy atom. The highest BCUT2D eigenvalue weighted by Gasteiger charge is 2.34.